The fourth-order valence-electron chi connectivity index (χ4n) is 0.201. The average Bonchev–Trinajstić information content (AvgIpc) is 1.87. The molecule has 0 heterocycles. The van der Waals surface area contributed by atoms with Crippen LogP contribution in [-0.2, 0) is 0 Å². The van der Waals surface area contributed by atoms with Crippen LogP contribution in [0.5, 0.6) is 0 Å². The van der Waals surface area contributed by atoms with Crippen molar-refractivity contribution in [2.45, 2.75) is 0 Å². The molecule has 0 unspecified atom stereocenters. The number of hydrogen-bond acceptors (Lipinski definition) is 2. The molecule has 0 aromatic rings. The van der Waals surface area contributed by atoms with E-state index in [4.69, 9.17) is 20.4 Å². The minimum absolute atomic E-state index is 0.332. The van der Waals surface area contributed by atoms with Crippen LogP contribution in [0.25, 0.3) is 0 Å². The second kappa shape index (κ2) is 4.66. The summed E-state index contributed by atoms with van der Waals surface area (Å²) in [5, 5.41) is 32.7. The van der Waals surface area contributed by atoms with Gasteiger partial charge < -0.3 is 20.4 Å². The number of aliphatic hydroxyl groups is 4. The summed E-state index contributed by atoms with van der Waals surface area (Å²) in [5.74, 6) is 0. The summed E-state index contributed by atoms with van der Waals surface area (Å²) >= 11 is 0. The SMILES string of the molecule is OCC(O)=S=C(O)CO. The summed E-state index contributed by atoms with van der Waals surface area (Å²) in [6.07, 6.45) is 0. The van der Waals surface area contributed by atoms with Crippen LogP contribution in [0.15, 0.2) is 0 Å². The van der Waals surface area contributed by atoms with E-state index in [-0.39, 0.29) is 10.1 Å². The first-order chi connectivity index (χ1) is 4.20. The van der Waals surface area contributed by atoms with E-state index in [2.05, 4.69) is 0 Å². The summed E-state index contributed by atoms with van der Waals surface area (Å²) in [6, 6.07) is 0. The van der Waals surface area contributed by atoms with Crippen molar-refractivity contribution in [1.29, 1.82) is 0 Å². The van der Waals surface area contributed by atoms with Crippen LogP contribution in [-0.4, -0.2) is 43.7 Å². The normalized spacial score (nSPS) is 8.89. The molecule has 0 atom stereocenters. The molecule has 0 saturated carbocycles. The highest BCUT2D eigenvalue weighted by molar-refractivity contribution is 7.97. The Bertz CT molecular complexity index is 133. The van der Waals surface area contributed by atoms with Gasteiger partial charge in [0.1, 0.15) is 10.1 Å². The van der Waals surface area contributed by atoms with Gasteiger partial charge in [0.05, 0.1) is 13.2 Å². The quantitative estimate of drug-likeness (QED) is 0.386. The van der Waals surface area contributed by atoms with Gasteiger partial charge in [0.15, 0.2) is 0 Å². The van der Waals surface area contributed by atoms with E-state index in [9.17, 15) is 0 Å². The Kier molecular flexibility index (Phi) is 4.55. The van der Waals surface area contributed by atoms with E-state index in [0.717, 1.165) is 0 Å². The van der Waals surface area contributed by atoms with Crippen LogP contribution in [0.2, 0.25) is 0 Å². The first kappa shape index (κ1) is 8.80. The molecule has 9 heavy (non-hydrogen) atoms. The van der Waals surface area contributed by atoms with Crippen molar-refractivity contribution in [3.05, 3.63) is 0 Å². The maximum Gasteiger partial charge on any atom is 0.130 e. The second-order valence-corrected chi connectivity index (χ2v) is 2.35. The number of aliphatic hydroxyl groups excluding tert-OH is 4. The maximum atomic E-state index is 8.50. The van der Waals surface area contributed by atoms with E-state index in [1.807, 2.05) is 0 Å². The molecular formula is C4H8O4S. The Hall–Kier alpha value is -0.200. The Morgan fingerprint density at radius 3 is 1.56 bits per heavy atom. The Balaban J connectivity index is 4.19. The lowest BCUT2D eigenvalue weighted by molar-refractivity contribution is 0.330. The van der Waals surface area contributed by atoms with Crippen molar-refractivity contribution in [1.82, 2.24) is 0 Å². The predicted octanol–water partition coefficient (Wildman–Crippen LogP) is -0.920. The van der Waals surface area contributed by atoms with E-state index in [1.54, 1.807) is 0 Å². The standard InChI is InChI=1S/C4H8O4S/c5-1-3(7)9-4(8)2-6/h5-8H,1-2H2. The second-order valence-electron chi connectivity index (χ2n) is 1.21. The van der Waals surface area contributed by atoms with Crippen LogP contribution in [0, 0.1) is 0 Å². The van der Waals surface area contributed by atoms with Gasteiger partial charge >= 0.3 is 0 Å². The molecule has 5 heteroatoms. The van der Waals surface area contributed by atoms with Crippen molar-refractivity contribution in [3.63, 3.8) is 0 Å². The van der Waals surface area contributed by atoms with Gasteiger partial charge in [-0.05, 0) is 0 Å². The minimum atomic E-state index is -0.519. The smallest absolute Gasteiger partial charge is 0.130 e. The molecule has 0 radical (unpaired) electrons. The zero-order valence-corrected chi connectivity index (χ0v) is 5.43. The molecule has 4 N–H and O–H groups in total. The highest BCUT2D eigenvalue weighted by atomic mass is 32.1. The Morgan fingerprint density at radius 2 is 1.33 bits per heavy atom. The van der Waals surface area contributed by atoms with E-state index >= 15 is 0 Å². The van der Waals surface area contributed by atoms with E-state index in [1.165, 1.54) is 0 Å². The lowest BCUT2D eigenvalue weighted by Gasteiger charge is -1.87. The van der Waals surface area contributed by atoms with Crippen LogP contribution in [0.4, 0.5) is 0 Å². The zero-order valence-electron chi connectivity index (χ0n) is 4.61. The lowest BCUT2D eigenvalue weighted by atomic mass is 10.8. The molecule has 0 fully saturated rings. The van der Waals surface area contributed by atoms with Gasteiger partial charge in [-0.1, -0.05) is 10.9 Å². The molecule has 0 bridgehead atoms. The van der Waals surface area contributed by atoms with Gasteiger partial charge in [-0.15, -0.1) is 0 Å². The number of rotatable bonds is 2. The molecule has 4 nitrogen and oxygen atoms in total. The third kappa shape index (κ3) is 4.31. The molecule has 0 spiro atoms. The third-order valence-corrected chi connectivity index (χ3v) is 1.24. The summed E-state index contributed by atoms with van der Waals surface area (Å²) in [5.41, 5.74) is 0. The fraction of sp³-hybridized carbons (Fsp3) is 0.500. The largest absolute Gasteiger partial charge is 0.389 e. The average molecular weight is 152 g/mol. The minimum Gasteiger partial charge on any atom is -0.389 e. The maximum absolute atomic E-state index is 8.50. The summed E-state index contributed by atoms with van der Waals surface area (Å²) in [6.45, 7) is -1.04. The molecule has 0 aliphatic rings. The Labute approximate surface area is 55.5 Å². The van der Waals surface area contributed by atoms with Gasteiger partial charge in [0, 0.05) is 0 Å². The zero-order chi connectivity index (χ0) is 7.28. The highest BCUT2D eigenvalue weighted by Gasteiger charge is 1.86. The fourth-order valence-corrected chi connectivity index (χ4v) is 0.602. The monoisotopic (exact) mass is 152 g/mol. The first-order valence-corrected chi connectivity index (χ1v) is 3.01. The van der Waals surface area contributed by atoms with Gasteiger partial charge in [0.2, 0.25) is 0 Å². The van der Waals surface area contributed by atoms with Crippen LogP contribution in [0.1, 0.15) is 0 Å². The van der Waals surface area contributed by atoms with Crippen LogP contribution >= 0.6 is 10.9 Å². The molecule has 0 aromatic carbocycles. The summed E-state index contributed by atoms with van der Waals surface area (Å²) in [7, 11) is 0.544. The molecule has 0 rings (SSSR count). The highest BCUT2D eigenvalue weighted by Crippen LogP contribution is 1.77. The molecule has 0 aliphatic carbocycles. The van der Waals surface area contributed by atoms with Gasteiger partial charge in [-0.25, -0.2) is 0 Å². The third-order valence-electron chi connectivity index (χ3n) is 0.506. The van der Waals surface area contributed by atoms with Crippen molar-refractivity contribution in [2.24, 2.45) is 0 Å². The Morgan fingerprint density at radius 1 is 1.00 bits per heavy atom. The number of hydrogen-bond donors (Lipinski definition) is 4. The molecule has 54 valence electrons. The van der Waals surface area contributed by atoms with Crippen molar-refractivity contribution in [3.8, 4) is 0 Å². The van der Waals surface area contributed by atoms with Crippen molar-refractivity contribution in [2.75, 3.05) is 13.2 Å². The van der Waals surface area contributed by atoms with Crippen LogP contribution < -0.4 is 0 Å². The van der Waals surface area contributed by atoms with Crippen molar-refractivity contribution < 1.29 is 20.4 Å². The summed E-state index contributed by atoms with van der Waals surface area (Å²) in [4.78, 5) is 0. The lowest BCUT2D eigenvalue weighted by Crippen LogP contribution is -2.03. The molecule has 0 aromatic heterocycles. The first-order valence-electron chi connectivity index (χ1n) is 2.20. The summed E-state index contributed by atoms with van der Waals surface area (Å²) < 4.78 is 0. The van der Waals surface area contributed by atoms with E-state index < -0.39 is 13.2 Å². The molecular weight excluding hydrogens is 144 g/mol. The van der Waals surface area contributed by atoms with Gasteiger partial charge in [0.25, 0.3) is 0 Å². The molecule has 0 aliphatic heterocycles. The molecule has 0 saturated heterocycles. The topological polar surface area (TPSA) is 80.9 Å². The van der Waals surface area contributed by atoms with Gasteiger partial charge in [-0.3, -0.25) is 0 Å². The molecule has 0 amide bonds. The van der Waals surface area contributed by atoms with Crippen LogP contribution in [0.3, 0.4) is 0 Å². The predicted molar refractivity (Wildman–Crippen MR) is 37.0 cm³/mol. The van der Waals surface area contributed by atoms with Crippen molar-refractivity contribution >= 4 is 21.0 Å². The van der Waals surface area contributed by atoms with Gasteiger partial charge in [-0.2, -0.15) is 0 Å². The van der Waals surface area contributed by atoms with E-state index in [0.29, 0.717) is 10.9 Å².